The van der Waals surface area contributed by atoms with Crippen molar-refractivity contribution in [3.05, 3.63) is 156 Å². The second-order valence-electron chi connectivity index (χ2n) is 11.6. The Kier molecular flexibility index (Phi) is 11.2. The molecule has 7 rings (SSSR count). The first-order chi connectivity index (χ1) is 22.7. The first-order valence-corrected chi connectivity index (χ1v) is 16.9. The predicted molar refractivity (Wildman–Crippen MR) is 205 cm³/mol. The van der Waals surface area contributed by atoms with Gasteiger partial charge in [-0.1, -0.05) is 154 Å². The van der Waals surface area contributed by atoms with E-state index in [1.807, 2.05) is 13.8 Å². The highest BCUT2D eigenvalue weighted by Gasteiger charge is 2.18. The van der Waals surface area contributed by atoms with Gasteiger partial charge >= 0.3 is 0 Å². The average Bonchev–Trinajstić information content (AvgIpc) is 3.45. The second-order valence-corrected chi connectivity index (χ2v) is 11.6. The van der Waals surface area contributed by atoms with Crippen molar-refractivity contribution in [1.29, 1.82) is 0 Å². The van der Waals surface area contributed by atoms with Gasteiger partial charge < -0.3 is 4.57 Å². The van der Waals surface area contributed by atoms with Crippen molar-refractivity contribution in [2.75, 3.05) is 0 Å². The number of fused-ring (bicyclic) bond motifs is 5. The lowest BCUT2D eigenvalue weighted by Gasteiger charge is -2.13. The number of rotatable bonds is 6. The molecule has 0 spiro atoms. The number of benzene rings is 5. The van der Waals surface area contributed by atoms with Crippen LogP contribution in [0.3, 0.4) is 0 Å². The van der Waals surface area contributed by atoms with Crippen molar-refractivity contribution in [2.45, 2.75) is 60.3 Å². The monoisotopic (exact) mass is 601 g/mol. The molecule has 6 aromatic rings. The molecule has 0 saturated carbocycles. The van der Waals surface area contributed by atoms with E-state index in [0.29, 0.717) is 0 Å². The summed E-state index contributed by atoms with van der Waals surface area (Å²) in [5.41, 5.74) is 10.2. The van der Waals surface area contributed by atoms with Gasteiger partial charge in [-0.05, 0) is 90.9 Å². The van der Waals surface area contributed by atoms with E-state index in [9.17, 15) is 0 Å². The topological polar surface area (TPSA) is 4.93 Å². The average molecular weight is 602 g/mol. The highest BCUT2D eigenvalue weighted by Crippen LogP contribution is 2.40. The zero-order valence-corrected chi connectivity index (χ0v) is 28.1. The van der Waals surface area contributed by atoms with Gasteiger partial charge in [0.15, 0.2) is 0 Å². The van der Waals surface area contributed by atoms with Crippen molar-refractivity contribution in [1.82, 2.24) is 4.57 Å². The normalized spacial score (nSPS) is 12.8. The number of allylic oxidation sites excluding steroid dienone is 7. The lowest BCUT2D eigenvalue weighted by molar-refractivity contribution is 0.821. The summed E-state index contributed by atoms with van der Waals surface area (Å²) in [6, 6.07) is 37.4. The summed E-state index contributed by atoms with van der Waals surface area (Å²) in [5.74, 6) is 0. The summed E-state index contributed by atoms with van der Waals surface area (Å²) >= 11 is 0. The fraction of sp³-hybridized carbons (Fsp3) is 0.200. The molecule has 0 unspecified atom stereocenters. The number of aryl methyl sites for hydroxylation is 1. The third kappa shape index (κ3) is 7.16. The maximum atomic E-state index is 2.44. The number of aromatic nitrogens is 1. The van der Waals surface area contributed by atoms with E-state index in [1.165, 1.54) is 86.2 Å². The Morgan fingerprint density at radius 3 is 2.30 bits per heavy atom. The van der Waals surface area contributed by atoms with Crippen LogP contribution in [-0.4, -0.2) is 4.57 Å². The zero-order chi connectivity index (χ0) is 32.3. The molecule has 0 aliphatic heterocycles. The Hall–Kier alpha value is -4.88. The first kappa shape index (κ1) is 32.5. The van der Waals surface area contributed by atoms with Gasteiger partial charge in [0.05, 0.1) is 11.0 Å². The largest absolute Gasteiger partial charge is 0.309 e. The Morgan fingerprint density at radius 1 is 0.761 bits per heavy atom. The van der Waals surface area contributed by atoms with Crippen LogP contribution >= 0.6 is 0 Å². The van der Waals surface area contributed by atoms with Crippen LogP contribution in [0.5, 0.6) is 0 Å². The van der Waals surface area contributed by atoms with Crippen LogP contribution in [0.25, 0.3) is 55.5 Å². The van der Waals surface area contributed by atoms with Gasteiger partial charge in [0.2, 0.25) is 0 Å². The minimum atomic E-state index is 1.17. The van der Waals surface area contributed by atoms with Gasteiger partial charge in [0.25, 0.3) is 0 Å². The quantitative estimate of drug-likeness (QED) is 0.167. The molecule has 46 heavy (non-hydrogen) atoms. The lowest BCUT2D eigenvalue weighted by atomic mass is 9.99. The molecule has 0 amide bonds. The third-order valence-electron chi connectivity index (χ3n) is 8.40. The van der Waals surface area contributed by atoms with Crippen molar-refractivity contribution in [3.8, 4) is 16.8 Å². The maximum Gasteiger partial charge on any atom is 0.0619 e. The van der Waals surface area contributed by atoms with Gasteiger partial charge in [0, 0.05) is 16.5 Å². The van der Waals surface area contributed by atoms with Gasteiger partial charge in [-0.25, -0.2) is 0 Å². The molecule has 0 bridgehead atoms. The van der Waals surface area contributed by atoms with Crippen LogP contribution in [-0.2, 0) is 0 Å². The zero-order valence-electron chi connectivity index (χ0n) is 28.1. The summed E-state index contributed by atoms with van der Waals surface area (Å²) in [5, 5.41) is 5.16. The van der Waals surface area contributed by atoms with E-state index in [2.05, 4.69) is 171 Å². The first-order valence-electron chi connectivity index (χ1n) is 16.9. The van der Waals surface area contributed by atoms with E-state index >= 15 is 0 Å². The minimum absolute atomic E-state index is 1.17. The highest BCUT2D eigenvalue weighted by molar-refractivity contribution is 6.23. The van der Waals surface area contributed by atoms with Gasteiger partial charge in [-0.2, -0.15) is 0 Å². The molecular formula is C45H47N. The SMILES string of the molecule is C/C=C\C=C/c1cc2ccccc2c2c3cc(C)ccc3n(-c3cccc(-c4ccccc4)c3)c12.CC.CCCC1=CC=CCC1. The molecule has 0 saturated heterocycles. The summed E-state index contributed by atoms with van der Waals surface area (Å²) in [6.07, 6.45) is 20.3. The standard InChI is InChI=1S/C34H27N.C9H14.C2H6/c1-3-4-6-15-28-22-27-14-9-10-18-30(27)33-31-21-24(2)19-20-32(31)35(34(28)33)29-17-11-16-26(23-29)25-12-7-5-8-13-25;1-2-6-9-7-4-3-5-8-9;1-2/h3-23H,1-2H3;3-4,7H,2,5-6,8H2,1H3;1-2H3/b4-3-,15-6-;;. The molecular weight excluding hydrogens is 555 g/mol. The summed E-state index contributed by atoms with van der Waals surface area (Å²) in [6.45, 7) is 10.5. The van der Waals surface area contributed by atoms with Crippen LogP contribution < -0.4 is 0 Å². The molecule has 0 radical (unpaired) electrons. The number of hydrogen-bond donors (Lipinski definition) is 0. The Bertz CT molecular complexity index is 2030. The molecule has 1 heteroatoms. The van der Waals surface area contributed by atoms with Gasteiger partial charge in [-0.15, -0.1) is 0 Å². The second kappa shape index (κ2) is 15.9. The Balaban J connectivity index is 0.000000325. The summed E-state index contributed by atoms with van der Waals surface area (Å²) in [7, 11) is 0. The molecule has 5 aromatic carbocycles. The lowest BCUT2D eigenvalue weighted by Crippen LogP contribution is -1.96. The van der Waals surface area contributed by atoms with Crippen LogP contribution in [0, 0.1) is 6.92 Å². The van der Waals surface area contributed by atoms with Crippen molar-refractivity contribution in [2.24, 2.45) is 0 Å². The van der Waals surface area contributed by atoms with E-state index in [1.54, 1.807) is 5.57 Å². The van der Waals surface area contributed by atoms with E-state index in [4.69, 9.17) is 0 Å². The van der Waals surface area contributed by atoms with Gasteiger partial charge in [0.1, 0.15) is 0 Å². The number of nitrogens with zero attached hydrogens (tertiary/aromatic N) is 1. The van der Waals surface area contributed by atoms with Crippen LogP contribution in [0.15, 0.2) is 145 Å². The molecule has 1 heterocycles. The Labute approximate surface area is 275 Å². The van der Waals surface area contributed by atoms with E-state index < -0.39 is 0 Å². The smallest absolute Gasteiger partial charge is 0.0619 e. The molecule has 232 valence electrons. The maximum absolute atomic E-state index is 2.44. The van der Waals surface area contributed by atoms with Crippen molar-refractivity contribution in [3.63, 3.8) is 0 Å². The molecule has 0 N–H and O–H groups in total. The molecule has 0 atom stereocenters. The summed E-state index contributed by atoms with van der Waals surface area (Å²) < 4.78 is 2.44. The minimum Gasteiger partial charge on any atom is -0.309 e. The van der Waals surface area contributed by atoms with E-state index in [0.717, 1.165) is 0 Å². The van der Waals surface area contributed by atoms with Crippen molar-refractivity contribution >= 4 is 38.7 Å². The molecule has 1 aromatic heterocycles. The van der Waals surface area contributed by atoms with Crippen LogP contribution in [0.4, 0.5) is 0 Å². The third-order valence-corrected chi connectivity index (χ3v) is 8.40. The molecule has 1 aliphatic carbocycles. The predicted octanol–water partition coefficient (Wildman–Crippen LogP) is 13.6. The van der Waals surface area contributed by atoms with Crippen LogP contribution in [0.2, 0.25) is 0 Å². The Morgan fingerprint density at radius 2 is 1.54 bits per heavy atom. The summed E-state index contributed by atoms with van der Waals surface area (Å²) in [4.78, 5) is 0. The van der Waals surface area contributed by atoms with E-state index in [-0.39, 0.29) is 0 Å². The number of hydrogen-bond acceptors (Lipinski definition) is 0. The molecule has 1 aliphatic rings. The fourth-order valence-electron chi connectivity index (χ4n) is 6.34. The molecule has 0 fully saturated rings. The highest BCUT2D eigenvalue weighted by atomic mass is 15.0. The van der Waals surface area contributed by atoms with Crippen molar-refractivity contribution < 1.29 is 0 Å². The van der Waals surface area contributed by atoms with Gasteiger partial charge in [-0.3, -0.25) is 0 Å². The fourth-order valence-corrected chi connectivity index (χ4v) is 6.34. The van der Waals surface area contributed by atoms with Crippen LogP contribution in [0.1, 0.15) is 64.5 Å². The molecule has 1 nitrogen and oxygen atoms in total.